The van der Waals surface area contributed by atoms with E-state index >= 15 is 0 Å². The highest BCUT2D eigenvalue weighted by molar-refractivity contribution is 9.10. The maximum Gasteiger partial charge on any atom is 0.141 e. The van der Waals surface area contributed by atoms with Crippen molar-refractivity contribution in [2.45, 2.75) is 26.5 Å². The highest BCUT2D eigenvalue weighted by Crippen LogP contribution is 2.26. The molecule has 21 heavy (non-hydrogen) atoms. The predicted octanol–water partition coefficient (Wildman–Crippen LogP) is 4.06. The number of nitrogens with one attached hydrogen (secondary N) is 1. The lowest BCUT2D eigenvalue weighted by atomic mass is 10.2. The van der Waals surface area contributed by atoms with Gasteiger partial charge in [-0.2, -0.15) is 0 Å². The maximum absolute atomic E-state index is 13.0. The molecule has 0 saturated heterocycles. The molecule has 112 valence electrons. The van der Waals surface area contributed by atoms with Gasteiger partial charge in [-0.05, 0) is 52.7 Å². The van der Waals surface area contributed by atoms with Crippen molar-refractivity contribution in [2.75, 3.05) is 6.54 Å². The molecule has 2 rings (SSSR count). The summed E-state index contributed by atoms with van der Waals surface area (Å²) in [5.41, 5.74) is 1.89. The molecule has 2 aromatic rings. The van der Waals surface area contributed by atoms with Gasteiger partial charge in [0.15, 0.2) is 0 Å². The summed E-state index contributed by atoms with van der Waals surface area (Å²) in [6.45, 7) is 4.26. The van der Waals surface area contributed by atoms with Gasteiger partial charge in [-0.1, -0.05) is 13.0 Å². The fourth-order valence-corrected chi connectivity index (χ4v) is 2.42. The Hall–Kier alpha value is -1.46. The van der Waals surface area contributed by atoms with Gasteiger partial charge in [0, 0.05) is 18.3 Å². The summed E-state index contributed by atoms with van der Waals surface area (Å²) in [7, 11) is 0. The zero-order chi connectivity index (χ0) is 15.1. The van der Waals surface area contributed by atoms with Crippen molar-refractivity contribution in [2.24, 2.45) is 0 Å². The van der Waals surface area contributed by atoms with Crippen molar-refractivity contribution in [3.63, 3.8) is 0 Å². The zero-order valence-electron chi connectivity index (χ0n) is 11.9. The number of ether oxygens (including phenoxy) is 1. The number of hydrogen-bond acceptors (Lipinski definition) is 3. The van der Waals surface area contributed by atoms with E-state index in [1.54, 1.807) is 6.20 Å². The van der Waals surface area contributed by atoms with Crippen LogP contribution in [0, 0.1) is 5.82 Å². The molecule has 0 unspecified atom stereocenters. The Kier molecular flexibility index (Phi) is 6.14. The fraction of sp³-hybridized carbons (Fsp3) is 0.312. The molecule has 0 amide bonds. The first-order valence-corrected chi connectivity index (χ1v) is 7.69. The molecule has 0 aliphatic rings. The molecule has 0 bridgehead atoms. The topological polar surface area (TPSA) is 34.1 Å². The minimum atomic E-state index is -0.354. The Morgan fingerprint density at radius 1 is 1.24 bits per heavy atom. The van der Waals surface area contributed by atoms with E-state index in [0.29, 0.717) is 5.56 Å². The van der Waals surface area contributed by atoms with E-state index in [1.165, 1.54) is 17.8 Å². The highest BCUT2D eigenvalue weighted by atomic mass is 79.9. The van der Waals surface area contributed by atoms with Gasteiger partial charge in [-0.25, -0.2) is 4.39 Å². The molecule has 0 saturated carbocycles. The molecule has 0 fully saturated rings. The number of hydrogen-bond donors (Lipinski definition) is 1. The van der Waals surface area contributed by atoms with Gasteiger partial charge in [0.25, 0.3) is 0 Å². The average Bonchev–Trinajstić information content (AvgIpc) is 2.47. The van der Waals surface area contributed by atoms with Crippen molar-refractivity contribution >= 4 is 15.9 Å². The minimum Gasteiger partial charge on any atom is -0.488 e. The van der Waals surface area contributed by atoms with E-state index in [2.05, 4.69) is 33.2 Å². The summed E-state index contributed by atoms with van der Waals surface area (Å²) in [6, 6.07) is 7.39. The molecule has 0 atom stereocenters. The second-order valence-electron chi connectivity index (χ2n) is 4.74. The van der Waals surface area contributed by atoms with E-state index in [4.69, 9.17) is 4.74 Å². The van der Waals surface area contributed by atoms with Crippen LogP contribution in [0.1, 0.15) is 24.5 Å². The lowest BCUT2D eigenvalue weighted by Crippen LogP contribution is -2.13. The van der Waals surface area contributed by atoms with Crippen LogP contribution in [0.5, 0.6) is 5.75 Å². The Morgan fingerprint density at radius 2 is 2.10 bits per heavy atom. The molecule has 0 spiro atoms. The molecule has 1 N–H and O–H groups in total. The Balaban J connectivity index is 1.94. The number of benzene rings is 1. The summed E-state index contributed by atoms with van der Waals surface area (Å²) >= 11 is 3.50. The van der Waals surface area contributed by atoms with Gasteiger partial charge in [0.05, 0.1) is 10.7 Å². The van der Waals surface area contributed by atoms with Crippen LogP contribution in [0.25, 0.3) is 0 Å². The first-order chi connectivity index (χ1) is 10.2. The van der Waals surface area contributed by atoms with Gasteiger partial charge in [0.1, 0.15) is 18.2 Å². The quantitative estimate of drug-likeness (QED) is 0.763. The third kappa shape index (κ3) is 5.10. The van der Waals surface area contributed by atoms with Crippen LogP contribution in [0.2, 0.25) is 0 Å². The SMILES string of the molecule is CCCNCc1ccc(OCc2cncc(F)c2)c(Br)c1. The summed E-state index contributed by atoms with van der Waals surface area (Å²) in [4.78, 5) is 3.80. The molecule has 0 aliphatic heterocycles. The fourth-order valence-electron chi connectivity index (χ4n) is 1.88. The lowest BCUT2D eigenvalue weighted by Gasteiger charge is -2.10. The van der Waals surface area contributed by atoms with Crippen molar-refractivity contribution < 1.29 is 9.13 Å². The van der Waals surface area contributed by atoms with Gasteiger partial charge in [-0.3, -0.25) is 4.98 Å². The van der Waals surface area contributed by atoms with E-state index < -0.39 is 0 Å². The molecular formula is C16H18BrFN2O. The van der Waals surface area contributed by atoms with Crippen LogP contribution in [0.3, 0.4) is 0 Å². The van der Waals surface area contributed by atoms with Crippen LogP contribution in [0.15, 0.2) is 41.1 Å². The summed E-state index contributed by atoms with van der Waals surface area (Å²) in [5.74, 6) is 0.381. The molecular weight excluding hydrogens is 335 g/mol. The van der Waals surface area contributed by atoms with E-state index in [1.807, 2.05) is 18.2 Å². The largest absolute Gasteiger partial charge is 0.488 e. The number of pyridine rings is 1. The normalized spacial score (nSPS) is 10.6. The predicted molar refractivity (Wildman–Crippen MR) is 84.7 cm³/mol. The number of rotatable bonds is 7. The first-order valence-electron chi connectivity index (χ1n) is 6.90. The molecule has 0 radical (unpaired) electrons. The summed E-state index contributed by atoms with van der Waals surface area (Å²) in [6.07, 6.45) is 3.89. The second kappa shape index (κ2) is 8.10. The van der Waals surface area contributed by atoms with Crippen molar-refractivity contribution in [1.29, 1.82) is 0 Å². The number of nitrogens with zero attached hydrogens (tertiary/aromatic N) is 1. The third-order valence-electron chi connectivity index (χ3n) is 2.91. The molecule has 0 aliphatic carbocycles. The van der Waals surface area contributed by atoms with Crippen LogP contribution in [-0.2, 0) is 13.2 Å². The van der Waals surface area contributed by atoms with Crippen LogP contribution < -0.4 is 10.1 Å². The lowest BCUT2D eigenvalue weighted by molar-refractivity contribution is 0.303. The smallest absolute Gasteiger partial charge is 0.141 e. The van der Waals surface area contributed by atoms with Crippen molar-refractivity contribution in [3.05, 3.63) is 58.1 Å². The second-order valence-corrected chi connectivity index (χ2v) is 5.60. The van der Waals surface area contributed by atoms with E-state index in [9.17, 15) is 4.39 Å². The van der Waals surface area contributed by atoms with Crippen molar-refractivity contribution in [1.82, 2.24) is 10.3 Å². The number of aromatic nitrogens is 1. The van der Waals surface area contributed by atoms with Crippen LogP contribution in [0.4, 0.5) is 4.39 Å². The molecule has 1 heterocycles. The monoisotopic (exact) mass is 352 g/mol. The Labute approximate surface area is 132 Å². The Morgan fingerprint density at radius 3 is 2.81 bits per heavy atom. The molecule has 1 aromatic carbocycles. The minimum absolute atomic E-state index is 0.288. The summed E-state index contributed by atoms with van der Waals surface area (Å²) in [5, 5.41) is 3.35. The van der Waals surface area contributed by atoms with Crippen molar-refractivity contribution in [3.8, 4) is 5.75 Å². The Bertz CT molecular complexity index is 592. The molecule has 5 heteroatoms. The third-order valence-corrected chi connectivity index (χ3v) is 3.53. The van der Waals surface area contributed by atoms with E-state index in [0.717, 1.165) is 29.7 Å². The highest BCUT2D eigenvalue weighted by Gasteiger charge is 2.04. The molecule has 3 nitrogen and oxygen atoms in total. The van der Waals surface area contributed by atoms with Crippen LogP contribution in [-0.4, -0.2) is 11.5 Å². The average molecular weight is 353 g/mol. The van der Waals surface area contributed by atoms with E-state index in [-0.39, 0.29) is 12.4 Å². The first kappa shape index (κ1) is 15.9. The van der Waals surface area contributed by atoms with Gasteiger partial charge >= 0.3 is 0 Å². The maximum atomic E-state index is 13.0. The standard InChI is InChI=1S/C16H18BrFN2O/c1-2-5-19-8-12-3-4-16(15(17)7-12)21-11-13-6-14(18)10-20-9-13/h3-4,6-7,9-10,19H,2,5,8,11H2,1H3. The molecule has 1 aromatic heterocycles. The van der Waals surface area contributed by atoms with Crippen LogP contribution >= 0.6 is 15.9 Å². The summed E-state index contributed by atoms with van der Waals surface area (Å²) < 4.78 is 19.6. The van der Waals surface area contributed by atoms with Gasteiger partial charge in [-0.15, -0.1) is 0 Å². The van der Waals surface area contributed by atoms with Gasteiger partial charge in [0.2, 0.25) is 0 Å². The van der Waals surface area contributed by atoms with Gasteiger partial charge < -0.3 is 10.1 Å². The number of halogens is 2. The zero-order valence-corrected chi connectivity index (χ0v) is 13.5.